The van der Waals surface area contributed by atoms with Crippen LogP contribution in [0, 0.1) is 5.92 Å². The van der Waals surface area contributed by atoms with Crippen LogP contribution in [-0.2, 0) is 35.1 Å². The summed E-state index contributed by atoms with van der Waals surface area (Å²) in [7, 11) is 0. The van der Waals surface area contributed by atoms with E-state index in [2.05, 4.69) is 30.2 Å². The molecule has 0 radical (unpaired) electrons. The SMILES string of the molecule is CC1OCC[C@@H]2[C@@H](COP(O)(=S)O[C@H](F)[C@H](n3nnc4c(=O)[nH]c(N)nc43)O1)O[C@@H](n1ccc3c(N)ncnc31)C2(F)F. The Hall–Kier alpha value is -3.30. The van der Waals surface area contributed by atoms with Crippen LogP contribution in [0.25, 0.3) is 22.2 Å². The van der Waals surface area contributed by atoms with E-state index in [4.69, 9.17) is 46.5 Å². The van der Waals surface area contributed by atoms with Crippen LogP contribution in [-0.4, -0.2) is 82.3 Å². The van der Waals surface area contributed by atoms with Crippen LogP contribution < -0.4 is 17.0 Å². The van der Waals surface area contributed by atoms with Gasteiger partial charge in [0, 0.05) is 6.20 Å². The largest absolute Gasteiger partial charge is 0.383 e. The number of anilines is 2. The number of nitrogens with one attached hydrogen (secondary N) is 1. The molecule has 2 saturated heterocycles. The van der Waals surface area contributed by atoms with Gasteiger partial charge in [-0.2, -0.15) is 9.67 Å². The zero-order chi connectivity index (χ0) is 30.7. The van der Waals surface area contributed by atoms with Gasteiger partial charge in [-0.3, -0.25) is 14.3 Å². The molecule has 2 fully saturated rings. The smallest absolute Gasteiger partial charge is 0.327 e. The predicted molar refractivity (Wildman–Crippen MR) is 143 cm³/mol. The highest BCUT2D eigenvalue weighted by molar-refractivity contribution is 8.07. The molecular formula is C21H24F3N10O7PS. The summed E-state index contributed by atoms with van der Waals surface area (Å²) in [5.41, 5.74) is 10.2. The molecule has 0 amide bonds. The second-order valence-electron chi connectivity index (χ2n) is 9.66. The highest BCUT2D eigenvalue weighted by atomic mass is 32.5. The van der Waals surface area contributed by atoms with Crippen molar-refractivity contribution < 1.29 is 41.3 Å². The summed E-state index contributed by atoms with van der Waals surface area (Å²) in [6.45, 7) is -4.09. The Kier molecular flexibility index (Phi) is 7.62. The van der Waals surface area contributed by atoms with Gasteiger partial charge in [-0.1, -0.05) is 5.21 Å². The molecule has 22 heteroatoms. The molecule has 6 rings (SSSR count). The fourth-order valence-electron chi connectivity index (χ4n) is 4.98. The Labute approximate surface area is 243 Å². The quantitative estimate of drug-likeness (QED) is 0.223. The molecule has 0 aromatic carbocycles. The maximum absolute atomic E-state index is 16.0. The van der Waals surface area contributed by atoms with Gasteiger partial charge in [0.05, 0.1) is 30.6 Å². The Morgan fingerprint density at radius 2 is 2.05 bits per heavy atom. The zero-order valence-electron chi connectivity index (χ0n) is 22.0. The van der Waals surface area contributed by atoms with E-state index in [-0.39, 0.29) is 41.6 Å². The van der Waals surface area contributed by atoms with Crippen LogP contribution in [0.2, 0.25) is 0 Å². The van der Waals surface area contributed by atoms with E-state index < -0.39 is 61.9 Å². The molecule has 0 bridgehead atoms. The molecule has 7 atom stereocenters. The number of fused-ring (bicyclic) bond motifs is 3. The van der Waals surface area contributed by atoms with Crippen molar-refractivity contribution in [1.82, 2.24) is 39.5 Å². The van der Waals surface area contributed by atoms with Gasteiger partial charge >= 0.3 is 6.72 Å². The van der Waals surface area contributed by atoms with Crippen molar-refractivity contribution in [3.8, 4) is 0 Å². The number of ether oxygens (including phenoxy) is 3. The molecule has 43 heavy (non-hydrogen) atoms. The molecule has 0 aliphatic carbocycles. The number of nitrogens with two attached hydrogens (primary N) is 2. The van der Waals surface area contributed by atoms with Crippen LogP contribution in [0.4, 0.5) is 24.9 Å². The zero-order valence-corrected chi connectivity index (χ0v) is 23.7. The average Bonchev–Trinajstić information content (AvgIpc) is 3.60. The standard InChI is InChI=1S/C21H24F3N10O7PS/c1-8-37-5-3-10-11(40-19(21(10,23)24)33-4-2-9-14(25)27-7-28-15(9)33)6-38-42(36,43)41-13(22)18(39-8)34-16-12(31-32-34)17(35)30-20(26)29-16/h2,4,7-8,10-11,13,18-19H,3,5-6H2,1H3,(H,36,43)(H2,25,27,28)(H3,26,29,30,35)/t8?,10-,11-,13+,18-,19-,42?/m1/s1. The molecule has 6 N–H and O–H groups in total. The molecule has 232 valence electrons. The van der Waals surface area contributed by atoms with Crippen LogP contribution in [0.1, 0.15) is 25.8 Å². The van der Waals surface area contributed by atoms with Gasteiger partial charge in [0.1, 0.15) is 17.8 Å². The first kappa shape index (κ1) is 29.8. The van der Waals surface area contributed by atoms with Gasteiger partial charge in [-0.05, 0) is 31.2 Å². The predicted octanol–water partition coefficient (Wildman–Crippen LogP) is 1.10. The van der Waals surface area contributed by atoms with Crippen molar-refractivity contribution in [2.24, 2.45) is 5.92 Å². The van der Waals surface area contributed by atoms with E-state index in [0.29, 0.717) is 5.39 Å². The van der Waals surface area contributed by atoms with E-state index in [0.717, 1.165) is 15.6 Å². The minimum Gasteiger partial charge on any atom is -0.383 e. The normalized spacial score (nSPS) is 32.2. The van der Waals surface area contributed by atoms with E-state index in [1.165, 1.54) is 19.2 Å². The lowest BCUT2D eigenvalue weighted by Gasteiger charge is -2.27. The summed E-state index contributed by atoms with van der Waals surface area (Å²) in [4.78, 5) is 36.9. The van der Waals surface area contributed by atoms with Crippen molar-refractivity contribution in [1.29, 1.82) is 0 Å². The summed E-state index contributed by atoms with van der Waals surface area (Å²) < 4.78 is 76.7. The van der Waals surface area contributed by atoms with Crippen molar-refractivity contribution in [3.05, 3.63) is 28.9 Å². The molecule has 6 heterocycles. The minimum atomic E-state index is -4.47. The van der Waals surface area contributed by atoms with E-state index in [9.17, 15) is 9.69 Å². The van der Waals surface area contributed by atoms with E-state index in [1.807, 2.05) is 0 Å². The van der Waals surface area contributed by atoms with Crippen molar-refractivity contribution in [2.75, 3.05) is 24.7 Å². The maximum Gasteiger partial charge on any atom is 0.327 e. The van der Waals surface area contributed by atoms with E-state index >= 15 is 13.2 Å². The molecule has 17 nitrogen and oxygen atoms in total. The molecule has 4 aromatic heterocycles. The number of rotatable bonds is 2. The summed E-state index contributed by atoms with van der Waals surface area (Å²) in [5.74, 6) is -5.26. The molecule has 2 unspecified atom stereocenters. The monoisotopic (exact) mass is 648 g/mol. The number of aromatic amines is 1. The first-order chi connectivity index (χ1) is 20.4. The highest BCUT2D eigenvalue weighted by Gasteiger charge is 2.60. The van der Waals surface area contributed by atoms with Crippen LogP contribution in [0.3, 0.4) is 0 Å². The number of H-pyrrole nitrogens is 1. The lowest BCUT2D eigenvalue weighted by atomic mass is 9.94. The molecular weight excluding hydrogens is 624 g/mol. The lowest BCUT2D eigenvalue weighted by Crippen LogP contribution is -2.36. The van der Waals surface area contributed by atoms with Crippen molar-refractivity contribution in [2.45, 2.75) is 50.5 Å². The molecule has 0 spiro atoms. The number of alkyl halides is 3. The number of nitrogen functional groups attached to an aromatic ring is 2. The third kappa shape index (κ3) is 5.46. The van der Waals surface area contributed by atoms with Gasteiger partial charge in [-0.15, -0.1) is 5.10 Å². The number of aromatic nitrogens is 8. The minimum absolute atomic E-state index is 0.0977. The van der Waals surface area contributed by atoms with Gasteiger partial charge in [0.2, 0.25) is 12.2 Å². The van der Waals surface area contributed by atoms with Gasteiger partial charge < -0.3 is 39.7 Å². The average molecular weight is 649 g/mol. The van der Waals surface area contributed by atoms with Crippen LogP contribution in [0.5, 0.6) is 0 Å². The first-order valence-electron chi connectivity index (χ1n) is 12.6. The number of halogens is 3. The molecule has 0 saturated carbocycles. The first-order valence-corrected chi connectivity index (χ1v) is 15.2. The molecule has 2 aliphatic heterocycles. The van der Waals surface area contributed by atoms with Gasteiger partial charge in [0.25, 0.3) is 17.8 Å². The summed E-state index contributed by atoms with van der Waals surface area (Å²) in [6, 6.07) is 1.48. The summed E-state index contributed by atoms with van der Waals surface area (Å²) in [5, 5.41) is 7.72. The van der Waals surface area contributed by atoms with Gasteiger partial charge in [0.15, 0.2) is 23.7 Å². The second kappa shape index (κ2) is 11.0. The van der Waals surface area contributed by atoms with E-state index in [1.54, 1.807) is 0 Å². The fourth-order valence-corrected chi connectivity index (χ4v) is 6.16. The Bertz CT molecular complexity index is 1770. The number of nitrogens with zero attached hydrogens (tertiary/aromatic N) is 7. The Balaban J connectivity index is 1.29. The molecule has 2 aliphatic rings. The summed E-state index contributed by atoms with van der Waals surface area (Å²) >= 11 is 4.97. The topological polar surface area (TPSA) is 226 Å². The van der Waals surface area contributed by atoms with Crippen LogP contribution >= 0.6 is 6.72 Å². The summed E-state index contributed by atoms with van der Waals surface area (Å²) in [6.07, 6.45) is -6.73. The van der Waals surface area contributed by atoms with Crippen LogP contribution in [0.15, 0.2) is 23.4 Å². The third-order valence-corrected chi connectivity index (χ3v) is 8.45. The maximum atomic E-state index is 16.0. The Morgan fingerprint density at radius 3 is 2.84 bits per heavy atom. The Morgan fingerprint density at radius 1 is 1.26 bits per heavy atom. The van der Waals surface area contributed by atoms with Gasteiger partial charge in [-0.25, -0.2) is 23.1 Å². The third-order valence-electron chi connectivity index (χ3n) is 6.94. The second-order valence-corrected chi connectivity index (χ2v) is 12.4. The number of hydrogen-bond acceptors (Lipinski definition) is 14. The van der Waals surface area contributed by atoms with Crippen molar-refractivity contribution >= 4 is 52.5 Å². The van der Waals surface area contributed by atoms with Crippen molar-refractivity contribution in [3.63, 3.8) is 0 Å². The molecule has 4 aromatic rings. The highest BCUT2D eigenvalue weighted by Crippen LogP contribution is 2.52. The lowest BCUT2D eigenvalue weighted by molar-refractivity contribution is -0.228. The fraction of sp³-hybridized carbons (Fsp3) is 0.524. The number of hydrogen-bond donors (Lipinski definition) is 4.